The van der Waals surface area contributed by atoms with Crippen molar-refractivity contribution in [1.29, 1.82) is 0 Å². The fraction of sp³-hybridized carbons (Fsp3) is 0.467. The topological polar surface area (TPSA) is 57.8 Å². The Morgan fingerprint density at radius 1 is 1.38 bits per heavy atom. The number of hydrogen-bond acceptors (Lipinski definition) is 4. The highest BCUT2D eigenvalue weighted by molar-refractivity contribution is 7.99. The van der Waals surface area contributed by atoms with Gasteiger partial charge in [0.1, 0.15) is 5.82 Å². The Balaban J connectivity index is 1.67. The van der Waals surface area contributed by atoms with Crippen LogP contribution in [0.5, 0.6) is 0 Å². The maximum absolute atomic E-state index is 12.0. The van der Waals surface area contributed by atoms with E-state index in [4.69, 9.17) is 11.6 Å². The molecule has 1 fully saturated rings. The van der Waals surface area contributed by atoms with Gasteiger partial charge in [0, 0.05) is 5.02 Å². The van der Waals surface area contributed by atoms with E-state index in [-0.39, 0.29) is 5.56 Å². The van der Waals surface area contributed by atoms with Gasteiger partial charge in [-0.05, 0) is 55.0 Å². The van der Waals surface area contributed by atoms with E-state index in [1.807, 2.05) is 11.8 Å². The number of nitrogens with zero attached hydrogens (tertiary/aromatic N) is 1. The molecule has 0 bridgehead atoms. The average molecular weight is 324 g/mol. The first-order valence-corrected chi connectivity index (χ1v) is 8.72. The second-order valence-electron chi connectivity index (χ2n) is 5.36. The van der Waals surface area contributed by atoms with Gasteiger partial charge in [-0.2, -0.15) is 11.8 Å². The number of rotatable bonds is 4. The van der Waals surface area contributed by atoms with Crippen LogP contribution in [0.3, 0.4) is 0 Å². The lowest BCUT2D eigenvalue weighted by molar-refractivity contribution is 0.444. The summed E-state index contributed by atoms with van der Waals surface area (Å²) in [6.07, 6.45) is 2.55. The van der Waals surface area contributed by atoms with Crippen molar-refractivity contribution in [2.24, 2.45) is 5.92 Å². The predicted molar refractivity (Wildman–Crippen MR) is 89.1 cm³/mol. The standard InChI is InChI=1S/C15H18ClN3OS/c16-11-1-2-12-13(7-11)18-14(19-15(12)20)9-17-8-10-3-5-21-6-4-10/h1-2,7,10,17H,3-6,8-9H2,(H,18,19,20). The van der Waals surface area contributed by atoms with Gasteiger partial charge in [0.05, 0.1) is 17.4 Å². The maximum atomic E-state index is 12.0. The normalized spacial score (nSPS) is 16.4. The van der Waals surface area contributed by atoms with E-state index >= 15 is 0 Å². The molecular weight excluding hydrogens is 306 g/mol. The molecule has 3 rings (SSSR count). The van der Waals surface area contributed by atoms with Crippen molar-refractivity contribution in [3.05, 3.63) is 39.4 Å². The Morgan fingerprint density at radius 3 is 3.00 bits per heavy atom. The smallest absolute Gasteiger partial charge is 0.258 e. The Kier molecular flexibility index (Phi) is 4.83. The Bertz CT molecular complexity index is 682. The first kappa shape index (κ1) is 14.9. The molecule has 1 aliphatic rings. The summed E-state index contributed by atoms with van der Waals surface area (Å²) in [4.78, 5) is 19.3. The van der Waals surface area contributed by atoms with Crippen LogP contribution in [-0.4, -0.2) is 28.0 Å². The lowest BCUT2D eigenvalue weighted by Crippen LogP contribution is -2.27. The highest BCUT2D eigenvalue weighted by Gasteiger charge is 2.13. The van der Waals surface area contributed by atoms with Gasteiger partial charge < -0.3 is 10.3 Å². The lowest BCUT2D eigenvalue weighted by Gasteiger charge is -2.21. The molecule has 0 atom stereocenters. The predicted octanol–water partition coefficient (Wildman–Crippen LogP) is 2.81. The third kappa shape index (κ3) is 3.78. The number of thioether (sulfide) groups is 1. The molecule has 1 aromatic carbocycles. The first-order valence-electron chi connectivity index (χ1n) is 7.19. The van der Waals surface area contributed by atoms with Crippen molar-refractivity contribution < 1.29 is 0 Å². The number of halogens is 1. The number of aromatic amines is 1. The van der Waals surface area contributed by atoms with Crippen molar-refractivity contribution >= 4 is 34.3 Å². The Labute approximate surface area is 132 Å². The molecule has 1 aromatic heterocycles. The Morgan fingerprint density at radius 2 is 2.19 bits per heavy atom. The summed E-state index contributed by atoms with van der Waals surface area (Å²) in [6, 6.07) is 5.15. The van der Waals surface area contributed by atoms with Crippen LogP contribution < -0.4 is 10.9 Å². The van der Waals surface area contributed by atoms with E-state index in [1.165, 1.54) is 24.3 Å². The number of benzene rings is 1. The number of H-pyrrole nitrogens is 1. The number of hydrogen-bond donors (Lipinski definition) is 2. The average Bonchev–Trinajstić information content (AvgIpc) is 2.48. The summed E-state index contributed by atoms with van der Waals surface area (Å²) in [7, 11) is 0. The van der Waals surface area contributed by atoms with Gasteiger partial charge >= 0.3 is 0 Å². The molecule has 6 heteroatoms. The van der Waals surface area contributed by atoms with Crippen LogP contribution in [0.2, 0.25) is 5.02 Å². The highest BCUT2D eigenvalue weighted by atomic mass is 35.5. The molecule has 2 N–H and O–H groups in total. The van der Waals surface area contributed by atoms with Crippen molar-refractivity contribution in [3.8, 4) is 0 Å². The summed E-state index contributed by atoms with van der Waals surface area (Å²) in [6.45, 7) is 1.57. The van der Waals surface area contributed by atoms with Crippen LogP contribution in [-0.2, 0) is 6.54 Å². The molecule has 0 saturated carbocycles. The molecule has 0 amide bonds. The molecule has 0 spiro atoms. The van der Waals surface area contributed by atoms with Gasteiger partial charge in [-0.3, -0.25) is 4.79 Å². The van der Waals surface area contributed by atoms with Gasteiger partial charge in [0.15, 0.2) is 0 Å². The van der Waals surface area contributed by atoms with Crippen molar-refractivity contribution in [1.82, 2.24) is 15.3 Å². The molecule has 0 radical (unpaired) electrons. The van der Waals surface area contributed by atoms with E-state index in [1.54, 1.807) is 18.2 Å². The van der Waals surface area contributed by atoms with E-state index < -0.39 is 0 Å². The summed E-state index contributed by atoms with van der Waals surface area (Å²) in [5.41, 5.74) is 0.541. The third-order valence-corrected chi connectivity index (χ3v) is 5.07. The van der Waals surface area contributed by atoms with E-state index in [0.717, 1.165) is 12.5 Å². The summed E-state index contributed by atoms with van der Waals surface area (Å²) in [5.74, 6) is 3.93. The molecule has 1 saturated heterocycles. The second-order valence-corrected chi connectivity index (χ2v) is 7.02. The van der Waals surface area contributed by atoms with Gasteiger partial charge in [-0.1, -0.05) is 11.6 Å². The zero-order valence-corrected chi connectivity index (χ0v) is 13.3. The minimum Gasteiger partial charge on any atom is -0.310 e. The van der Waals surface area contributed by atoms with Crippen molar-refractivity contribution in [3.63, 3.8) is 0 Å². The van der Waals surface area contributed by atoms with Gasteiger partial charge in [0.2, 0.25) is 0 Å². The quantitative estimate of drug-likeness (QED) is 0.908. The number of nitrogens with one attached hydrogen (secondary N) is 2. The fourth-order valence-corrected chi connectivity index (χ4v) is 3.96. The minimum atomic E-state index is -0.109. The second kappa shape index (κ2) is 6.81. The molecule has 2 aromatic rings. The third-order valence-electron chi connectivity index (χ3n) is 3.78. The molecule has 2 heterocycles. The van der Waals surface area contributed by atoms with Crippen LogP contribution in [0.15, 0.2) is 23.0 Å². The minimum absolute atomic E-state index is 0.109. The van der Waals surface area contributed by atoms with Gasteiger partial charge in [-0.25, -0.2) is 4.98 Å². The van der Waals surface area contributed by atoms with Crippen LogP contribution in [0, 0.1) is 5.92 Å². The maximum Gasteiger partial charge on any atom is 0.258 e. The van der Waals surface area contributed by atoms with Gasteiger partial charge in [0.25, 0.3) is 5.56 Å². The molecular formula is C15H18ClN3OS. The van der Waals surface area contributed by atoms with Crippen molar-refractivity contribution in [2.75, 3.05) is 18.1 Å². The first-order chi connectivity index (χ1) is 10.2. The van der Waals surface area contributed by atoms with E-state index in [9.17, 15) is 4.79 Å². The number of aromatic nitrogens is 2. The lowest BCUT2D eigenvalue weighted by atomic mass is 10.0. The summed E-state index contributed by atoms with van der Waals surface area (Å²) >= 11 is 7.99. The Hall–Kier alpha value is -1.04. The number of fused-ring (bicyclic) bond motifs is 1. The SMILES string of the molecule is O=c1[nH]c(CNCC2CCSCC2)nc2cc(Cl)ccc12. The monoisotopic (exact) mass is 323 g/mol. The molecule has 1 aliphatic heterocycles. The largest absolute Gasteiger partial charge is 0.310 e. The van der Waals surface area contributed by atoms with Crippen LogP contribution >= 0.6 is 23.4 Å². The molecule has 112 valence electrons. The molecule has 0 unspecified atom stereocenters. The zero-order chi connectivity index (χ0) is 14.7. The van der Waals surface area contributed by atoms with Crippen LogP contribution in [0.4, 0.5) is 0 Å². The molecule has 21 heavy (non-hydrogen) atoms. The summed E-state index contributed by atoms with van der Waals surface area (Å²) < 4.78 is 0. The van der Waals surface area contributed by atoms with Crippen LogP contribution in [0.25, 0.3) is 10.9 Å². The molecule has 0 aliphatic carbocycles. The van der Waals surface area contributed by atoms with Crippen LogP contribution in [0.1, 0.15) is 18.7 Å². The van der Waals surface area contributed by atoms with Gasteiger partial charge in [-0.15, -0.1) is 0 Å². The fourth-order valence-electron chi connectivity index (χ4n) is 2.59. The van der Waals surface area contributed by atoms with Crippen molar-refractivity contribution in [2.45, 2.75) is 19.4 Å². The highest BCUT2D eigenvalue weighted by Crippen LogP contribution is 2.21. The summed E-state index contributed by atoms with van der Waals surface area (Å²) in [5, 5.41) is 4.58. The van der Waals surface area contributed by atoms with E-state index in [2.05, 4.69) is 15.3 Å². The van der Waals surface area contributed by atoms with E-state index in [0.29, 0.717) is 28.3 Å². The zero-order valence-electron chi connectivity index (χ0n) is 11.7. The molecule has 4 nitrogen and oxygen atoms in total.